The highest BCUT2D eigenvalue weighted by atomic mass is 16.2. The van der Waals surface area contributed by atoms with Crippen molar-refractivity contribution in [2.45, 2.75) is 32.6 Å². The fraction of sp³-hybridized carbons (Fsp3) is 0.400. The second kappa shape index (κ2) is 5.55. The number of fused-ring (bicyclic) bond motifs is 1. The maximum Gasteiger partial charge on any atom is 0.234 e. The monoisotopic (exact) mass is 289 g/mol. The highest BCUT2D eigenvalue weighted by Gasteiger charge is 2.38. The summed E-state index contributed by atoms with van der Waals surface area (Å²) in [6, 6.07) is 5.34. The van der Waals surface area contributed by atoms with Crippen molar-refractivity contribution in [2.75, 3.05) is 17.2 Å². The van der Waals surface area contributed by atoms with E-state index in [1.165, 1.54) is 6.92 Å². The first-order valence-corrected chi connectivity index (χ1v) is 6.81. The molecule has 0 unspecified atom stereocenters. The van der Waals surface area contributed by atoms with Crippen LogP contribution in [0.15, 0.2) is 18.2 Å². The Bertz CT molecular complexity index is 608. The Balaban J connectivity index is 2.03. The average molecular weight is 289 g/mol. The molecule has 21 heavy (non-hydrogen) atoms. The molecule has 3 amide bonds. The molecule has 112 valence electrons. The quantitative estimate of drug-likeness (QED) is 0.782. The van der Waals surface area contributed by atoms with Gasteiger partial charge in [0.2, 0.25) is 17.7 Å². The van der Waals surface area contributed by atoms with Gasteiger partial charge in [0.25, 0.3) is 0 Å². The van der Waals surface area contributed by atoms with Crippen LogP contribution in [0.5, 0.6) is 0 Å². The topological polar surface area (TPSA) is 87.3 Å². The number of amides is 3. The van der Waals surface area contributed by atoms with Gasteiger partial charge in [-0.2, -0.15) is 0 Å². The van der Waals surface area contributed by atoms with Gasteiger partial charge in [-0.05, 0) is 37.6 Å². The average Bonchev–Trinajstić information content (AvgIpc) is 2.60. The lowest BCUT2D eigenvalue weighted by atomic mass is 9.86. The molecule has 1 heterocycles. The molecule has 6 heteroatoms. The molecule has 0 bridgehead atoms. The number of anilines is 2. The van der Waals surface area contributed by atoms with Gasteiger partial charge in [-0.1, -0.05) is 0 Å². The SMILES string of the molecule is CC(=O)NCCC(=O)Nc1ccc2c(c1)C(C)(C)C(=O)N2. The van der Waals surface area contributed by atoms with E-state index in [4.69, 9.17) is 0 Å². The second-order valence-electron chi connectivity index (χ2n) is 5.62. The van der Waals surface area contributed by atoms with Crippen LogP contribution in [0.3, 0.4) is 0 Å². The van der Waals surface area contributed by atoms with Crippen LogP contribution in [0.25, 0.3) is 0 Å². The van der Waals surface area contributed by atoms with Gasteiger partial charge < -0.3 is 16.0 Å². The summed E-state index contributed by atoms with van der Waals surface area (Å²) in [5.74, 6) is -0.392. The smallest absolute Gasteiger partial charge is 0.234 e. The number of carbonyl (C=O) groups excluding carboxylic acids is 3. The highest BCUT2D eigenvalue weighted by molar-refractivity contribution is 6.06. The van der Waals surface area contributed by atoms with Crippen LogP contribution in [-0.4, -0.2) is 24.3 Å². The lowest BCUT2D eigenvalue weighted by molar-refractivity contribution is -0.120. The van der Waals surface area contributed by atoms with Crippen LogP contribution in [0.2, 0.25) is 0 Å². The fourth-order valence-corrected chi connectivity index (χ4v) is 2.22. The van der Waals surface area contributed by atoms with Crippen LogP contribution in [0, 0.1) is 0 Å². The van der Waals surface area contributed by atoms with Crippen molar-refractivity contribution in [3.8, 4) is 0 Å². The summed E-state index contributed by atoms with van der Waals surface area (Å²) in [7, 11) is 0. The summed E-state index contributed by atoms with van der Waals surface area (Å²) in [5.41, 5.74) is 1.69. The summed E-state index contributed by atoms with van der Waals surface area (Å²) in [4.78, 5) is 34.4. The lowest BCUT2D eigenvalue weighted by Gasteiger charge is -2.16. The van der Waals surface area contributed by atoms with Crippen LogP contribution >= 0.6 is 0 Å². The lowest BCUT2D eigenvalue weighted by Crippen LogP contribution is -2.27. The molecule has 0 saturated carbocycles. The van der Waals surface area contributed by atoms with Crippen LogP contribution in [-0.2, 0) is 19.8 Å². The molecule has 2 rings (SSSR count). The predicted octanol–water partition coefficient (Wildman–Crippen LogP) is 1.38. The summed E-state index contributed by atoms with van der Waals surface area (Å²) in [6.07, 6.45) is 0.206. The van der Waals surface area contributed by atoms with Gasteiger partial charge in [-0.25, -0.2) is 0 Å². The molecule has 1 aromatic rings. The number of hydrogen-bond donors (Lipinski definition) is 3. The highest BCUT2D eigenvalue weighted by Crippen LogP contribution is 2.38. The Kier molecular flexibility index (Phi) is 3.97. The molecule has 0 radical (unpaired) electrons. The molecule has 1 aliphatic rings. The Morgan fingerprint density at radius 2 is 2.00 bits per heavy atom. The van der Waals surface area contributed by atoms with E-state index in [2.05, 4.69) is 16.0 Å². The zero-order valence-corrected chi connectivity index (χ0v) is 12.4. The van der Waals surface area contributed by atoms with Crippen molar-refractivity contribution in [2.24, 2.45) is 0 Å². The number of hydrogen-bond acceptors (Lipinski definition) is 3. The van der Waals surface area contributed by atoms with Crippen LogP contribution in [0.4, 0.5) is 11.4 Å². The van der Waals surface area contributed by atoms with Gasteiger partial charge in [-0.3, -0.25) is 14.4 Å². The Morgan fingerprint density at radius 1 is 1.29 bits per heavy atom. The molecule has 0 spiro atoms. The van der Waals surface area contributed by atoms with E-state index in [0.717, 1.165) is 11.3 Å². The predicted molar refractivity (Wildman–Crippen MR) is 80.0 cm³/mol. The molecule has 0 aromatic heterocycles. The minimum atomic E-state index is -0.605. The molecule has 1 aliphatic heterocycles. The Hall–Kier alpha value is -2.37. The summed E-state index contributed by atoms with van der Waals surface area (Å²) < 4.78 is 0. The Morgan fingerprint density at radius 3 is 2.67 bits per heavy atom. The van der Waals surface area contributed by atoms with Gasteiger partial charge in [0.15, 0.2) is 0 Å². The van der Waals surface area contributed by atoms with Gasteiger partial charge in [0.1, 0.15) is 0 Å². The first kappa shape index (κ1) is 15.0. The molecule has 3 N–H and O–H groups in total. The minimum Gasteiger partial charge on any atom is -0.356 e. The molecule has 0 atom stereocenters. The minimum absolute atomic E-state index is 0.0494. The van der Waals surface area contributed by atoms with E-state index in [0.29, 0.717) is 12.2 Å². The molecule has 6 nitrogen and oxygen atoms in total. The van der Waals surface area contributed by atoms with E-state index in [1.54, 1.807) is 12.1 Å². The van der Waals surface area contributed by atoms with Crippen molar-refractivity contribution in [1.29, 1.82) is 0 Å². The summed E-state index contributed by atoms with van der Waals surface area (Å²) in [6.45, 7) is 5.40. The van der Waals surface area contributed by atoms with Crippen molar-refractivity contribution in [3.63, 3.8) is 0 Å². The second-order valence-corrected chi connectivity index (χ2v) is 5.62. The van der Waals surface area contributed by atoms with Crippen molar-refractivity contribution in [3.05, 3.63) is 23.8 Å². The molecule has 1 aromatic carbocycles. The Labute approximate surface area is 123 Å². The van der Waals surface area contributed by atoms with Crippen molar-refractivity contribution < 1.29 is 14.4 Å². The van der Waals surface area contributed by atoms with E-state index in [9.17, 15) is 14.4 Å². The normalized spacial score (nSPS) is 15.1. The van der Waals surface area contributed by atoms with Crippen LogP contribution in [0.1, 0.15) is 32.8 Å². The van der Waals surface area contributed by atoms with E-state index in [1.807, 2.05) is 19.9 Å². The standard InChI is InChI=1S/C15H19N3O3/c1-9(19)16-7-6-13(20)17-10-4-5-12-11(8-10)15(2,3)14(21)18-12/h4-5,8H,6-7H2,1-3H3,(H,16,19)(H,17,20)(H,18,21). The summed E-state index contributed by atoms with van der Waals surface area (Å²) >= 11 is 0. The van der Waals surface area contributed by atoms with Gasteiger partial charge in [0, 0.05) is 31.3 Å². The maximum atomic E-state index is 11.9. The van der Waals surface area contributed by atoms with E-state index < -0.39 is 5.41 Å². The number of nitrogens with one attached hydrogen (secondary N) is 3. The van der Waals surface area contributed by atoms with Crippen molar-refractivity contribution in [1.82, 2.24) is 5.32 Å². The van der Waals surface area contributed by atoms with Crippen LogP contribution < -0.4 is 16.0 Å². The first-order valence-electron chi connectivity index (χ1n) is 6.81. The number of rotatable bonds is 4. The zero-order chi connectivity index (χ0) is 15.6. The van der Waals surface area contributed by atoms with Crippen molar-refractivity contribution >= 4 is 29.1 Å². The largest absolute Gasteiger partial charge is 0.356 e. The van der Waals surface area contributed by atoms with E-state index in [-0.39, 0.29) is 24.1 Å². The molecular formula is C15H19N3O3. The third-order valence-corrected chi connectivity index (χ3v) is 3.52. The third-order valence-electron chi connectivity index (χ3n) is 3.52. The van der Waals surface area contributed by atoms with Gasteiger partial charge in [0.05, 0.1) is 5.41 Å². The first-order chi connectivity index (χ1) is 9.80. The third kappa shape index (κ3) is 3.21. The number of benzene rings is 1. The molecule has 0 saturated heterocycles. The molecular weight excluding hydrogens is 270 g/mol. The van der Waals surface area contributed by atoms with E-state index >= 15 is 0 Å². The zero-order valence-electron chi connectivity index (χ0n) is 12.4. The van der Waals surface area contributed by atoms with Gasteiger partial charge >= 0.3 is 0 Å². The fourth-order valence-electron chi connectivity index (χ4n) is 2.22. The molecule has 0 fully saturated rings. The maximum absolute atomic E-state index is 11.9. The van der Waals surface area contributed by atoms with Gasteiger partial charge in [-0.15, -0.1) is 0 Å². The summed E-state index contributed by atoms with van der Waals surface area (Å²) in [5, 5.41) is 8.15. The number of carbonyl (C=O) groups is 3. The molecule has 0 aliphatic carbocycles.